The summed E-state index contributed by atoms with van der Waals surface area (Å²) in [5.74, 6) is 1.76. The van der Waals surface area contributed by atoms with Gasteiger partial charge >= 0.3 is 0 Å². The van der Waals surface area contributed by atoms with Gasteiger partial charge in [0.05, 0.1) is 6.61 Å². The molecule has 2 rings (SSSR count). The minimum Gasteiger partial charge on any atom is -0.383 e. The van der Waals surface area contributed by atoms with E-state index in [1.54, 1.807) is 7.11 Å². The van der Waals surface area contributed by atoms with E-state index in [0.29, 0.717) is 0 Å². The third-order valence-electron chi connectivity index (χ3n) is 3.57. The predicted molar refractivity (Wildman–Crippen MR) is 79.0 cm³/mol. The fourth-order valence-electron chi connectivity index (χ4n) is 2.33. The molecule has 6 heteroatoms. The lowest BCUT2D eigenvalue weighted by Crippen LogP contribution is -2.37. The molecule has 2 heterocycles. The lowest BCUT2D eigenvalue weighted by Gasteiger charge is -2.31. The number of nitrogens with one attached hydrogen (secondary N) is 1. The van der Waals surface area contributed by atoms with Crippen molar-refractivity contribution in [2.45, 2.75) is 26.2 Å². The molecule has 0 unspecified atom stereocenters. The highest BCUT2D eigenvalue weighted by Crippen LogP contribution is 2.24. The minimum atomic E-state index is 0.784. The monoisotopic (exact) mass is 284 g/mol. The van der Waals surface area contributed by atoms with Crippen LogP contribution in [0.2, 0.25) is 0 Å². The normalized spacial score (nSPS) is 17.1. The van der Waals surface area contributed by atoms with Gasteiger partial charge in [0, 0.05) is 44.7 Å². The van der Waals surface area contributed by atoms with Crippen molar-refractivity contribution in [1.29, 1.82) is 0 Å². The molecule has 1 N–H and O–H groups in total. The second-order valence-electron chi connectivity index (χ2n) is 4.97. The van der Waals surface area contributed by atoms with Gasteiger partial charge in [0.25, 0.3) is 0 Å². The number of hydrogen-bond acceptors (Lipinski definition) is 6. The molecule has 19 heavy (non-hydrogen) atoms. The molecule has 1 aromatic heterocycles. The number of piperidine rings is 1. The Morgan fingerprint density at radius 3 is 2.84 bits per heavy atom. The topological polar surface area (TPSA) is 50.3 Å². The van der Waals surface area contributed by atoms with Crippen molar-refractivity contribution in [3.8, 4) is 0 Å². The highest BCUT2D eigenvalue weighted by atomic mass is 32.1. The summed E-state index contributed by atoms with van der Waals surface area (Å²) in [7, 11) is 1.74. The van der Waals surface area contributed by atoms with E-state index in [0.717, 1.165) is 56.1 Å². The molecule has 1 saturated heterocycles. The van der Waals surface area contributed by atoms with Gasteiger partial charge in [0.1, 0.15) is 5.82 Å². The predicted octanol–water partition coefficient (Wildman–Crippen LogP) is 1.55. The van der Waals surface area contributed by atoms with Gasteiger partial charge in [-0.3, -0.25) is 0 Å². The van der Waals surface area contributed by atoms with Crippen LogP contribution in [0.1, 0.15) is 25.6 Å². The third-order valence-corrected chi connectivity index (χ3v) is 4.39. The van der Waals surface area contributed by atoms with Crippen molar-refractivity contribution in [2.75, 3.05) is 44.8 Å². The van der Waals surface area contributed by atoms with Crippen LogP contribution in [0.5, 0.6) is 0 Å². The maximum Gasteiger partial charge on any atom is 0.205 e. The zero-order valence-electron chi connectivity index (χ0n) is 11.9. The number of aromatic nitrogens is 2. The summed E-state index contributed by atoms with van der Waals surface area (Å²) in [6, 6.07) is 0. The molecule has 1 aromatic rings. The zero-order valence-corrected chi connectivity index (χ0v) is 12.7. The van der Waals surface area contributed by atoms with E-state index in [9.17, 15) is 0 Å². The van der Waals surface area contributed by atoms with E-state index in [1.165, 1.54) is 24.4 Å². The molecular formula is C13H24N4OS. The second-order valence-corrected chi connectivity index (χ2v) is 5.70. The first-order valence-corrected chi connectivity index (χ1v) is 7.88. The van der Waals surface area contributed by atoms with Gasteiger partial charge in [-0.05, 0) is 25.3 Å². The van der Waals surface area contributed by atoms with E-state index in [4.69, 9.17) is 4.74 Å². The van der Waals surface area contributed by atoms with Gasteiger partial charge in [-0.25, -0.2) is 4.98 Å². The van der Waals surface area contributed by atoms with Crippen molar-refractivity contribution in [3.05, 3.63) is 5.82 Å². The number of aryl methyl sites for hydroxylation is 1. The SMILES string of the molecule is CCc1nsc(N2CCC(CNCCOC)CC2)n1. The van der Waals surface area contributed by atoms with Gasteiger partial charge in [-0.15, -0.1) is 0 Å². The van der Waals surface area contributed by atoms with Crippen LogP contribution in [0.4, 0.5) is 5.13 Å². The molecule has 0 spiro atoms. The molecule has 0 saturated carbocycles. The van der Waals surface area contributed by atoms with Gasteiger partial charge in [-0.1, -0.05) is 6.92 Å². The van der Waals surface area contributed by atoms with E-state index in [-0.39, 0.29) is 0 Å². The molecule has 0 amide bonds. The Hall–Kier alpha value is -0.720. The Labute approximate surface area is 119 Å². The Morgan fingerprint density at radius 2 is 2.21 bits per heavy atom. The molecule has 1 aliphatic heterocycles. The Kier molecular flexibility index (Phi) is 6.00. The Morgan fingerprint density at radius 1 is 1.42 bits per heavy atom. The molecule has 0 aliphatic carbocycles. The Balaban J connectivity index is 1.70. The summed E-state index contributed by atoms with van der Waals surface area (Å²) in [5.41, 5.74) is 0. The van der Waals surface area contributed by atoms with Crippen molar-refractivity contribution in [1.82, 2.24) is 14.7 Å². The lowest BCUT2D eigenvalue weighted by atomic mass is 9.97. The van der Waals surface area contributed by atoms with Crippen LogP contribution < -0.4 is 10.2 Å². The summed E-state index contributed by atoms with van der Waals surface area (Å²) >= 11 is 1.54. The molecule has 0 aromatic carbocycles. The number of nitrogens with zero attached hydrogens (tertiary/aromatic N) is 3. The van der Waals surface area contributed by atoms with Crippen LogP contribution in [0.3, 0.4) is 0 Å². The molecule has 5 nitrogen and oxygen atoms in total. The summed E-state index contributed by atoms with van der Waals surface area (Å²) in [5, 5.41) is 4.55. The number of anilines is 1. The summed E-state index contributed by atoms with van der Waals surface area (Å²) in [4.78, 5) is 6.94. The highest BCUT2D eigenvalue weighted by molar-refractivity contribution is 7.09. The zero-order chi connectivity index (χ0) is 13.5. The number of ether oxygens (including phenoxy) is 1. The lowest BCUT2D eigenvalue weighted by molar-refractivity contribution is 0.197. The first-order valence-electron chi connectivity index (χ1n) is 7.10. The van der Waals surface area contributed by atoms with E-state index in [2.05, 4.69) is 26.5 Å². The smallest absolute Gasteiger partial charge is 0.205 e. The van der Waals surface area contributed by atoms with Gasteiger partial charge in [0.15, 0.2) is 0 Å². The average Bonchev–Trinajstić information content (AvgIpc) is 2.93. The van der Waals surface area contributed by atoms with Crippen LogP contribution >= 0.6 is 11.5 Å². The summed E-state index contributed by atoms with van der Waals surface area (Å²) < 4.78 is 9.40. The summed E-state index contributed by atoms with van der Waals surface area (Å²) in [6.45, 7) is 7.16. The van der Waals surface area contributed by atoms with Crippen LogP contribution in [-0.4, -0.2) is 49.3 Å². The average molecular weight is 284 g/mol. The van der Waals surface area contributed by atoms with Crippen molar-refractivity contribution in [3.63, 3.8) is 0 Å². The second kappa shape index (κ2) is 7.77. The number of hydrogen-bond donors (Lipinski definition) is 1. The van der Waals surface area contributed by atoms with Crippen LogP contribution in [-0.2, 0) is 11.2 Å². The molecule has 1 fully saturated rings. The van der Waals surface area contributed by atoms with Crippen molar-refractivity contribution >= 4 is 16.7 Å². The maximum atomic E-state index is 5.03. The Bertz CT molecular complexity index is 363. The number of methoxy groups -OCH3 is 1. The van der Waals surface area contributed by atoms with E-state index >= 15 is 0 Å². The minimum absolute atomic E-state index is 0.784. The van der Waals surface area contributed by atoms with Crippen LogP contribution in [0, 0.1) is 5.92 Å². The first-order chi connectivity index (χ1) is 9.33. The van der Waals surface area contributed by atoms with E-state index in [1.807, 2.05) is 0 Å². The summed E-state index contributed by atoms with van der Waals surface area (Å²) in [6.07, 6.45) is 3.40. The molecule has 1 aliphatic rings. The van der Waals surface area contributed by atoms with Crippen LogP contribution in [0.15, 0.2) is 0 Å². The highest BCUT2D eigenvalue weighted by Gasteiger charge is 2.21. The molecule has 0 radical (unpaired) electrons. The number of rotatable bonds is 7. The van der Waals surface area contributed by atoms with Gasteiger partial charge in [0.2, 0.25) is 5.13 Å². The van der Waals surface area contributed by atoms with Crippen molar-refractivity contribution < 1.29 is 4.74 Å². The fraction of sp³-hybridized carbons (Fsp3) is 0.846. The largest absolute Gasteiger partial charge is 0.383 e. The quantitative estimate of drug-likeness (QED) is 0.770. The third kappa shape index (κ3) is 4.40. The molecule has 0 bridgehead atoms. The molecular weight excluding hydrogens is 260 g/mol. The first kappa shape index (κ1) is 14.7. The van der Waals surface area contributed by atoms with E-state index < -0.39 is 0 Å². The molecule has 108 valence electrons. The van der Waals surface area contributed by atoms with Crippen LogP contribution in [0.25, 0.3) is 0 Å². The standard InChI is InChI=1S/C13H24N4OS/c1-3-12-15-13(19-16-12)17-7-4-11(5-8-17)10-14-6-9-18-2/h11,14H,3-10H2,1-2H3. The van der Waals surface area contributed by atoms with Gasteiger partial charge in [-0.2, -0.15) is 4.37 Å². The van der Waals surface area contributed by atoms with Crippen molar-refractivity contribution in [2.24, 2.45) is 5.92 Å². The fourth-order valence-corrected chi connectivity index (χ4v) is 3.13. The van der Waals surface area contributed by atoms with Gasteiger partial charge < -0.3 is 15.0 Å². The molecule has 0 atom stereocenters. The maximum absolute atomic E-state index is 5.03.